The smallest absolute Gasteiger partial charge is 0.110 e. The molecule has 2 rings (SSSR count). The van der Waals surface area contributed by atoms with E-state index in [1.807, 2.05) is 12.2 Å². The van der Waals surface area contributed by atoms with E-state index in [-0.39, 0.29) is 5.92 Å². The molecule has 128 valence electrons. The predicted octanol–water partition coefficient (Wildman–Crippen LogP) is 4.29. The molecule has 3 nitrogen and oxygen atoms in total. The number of aryl methyl sites for hydroxylation is 1. The number of aliphatic hydroxyl groups is 2. The summed E-state index contributed by atoms with van der Waals surface area (Å²) in [5, 5.41) is 20.2. The Kier molecular flexibility index (Phi) is 7.13. The first kappa shape index (κ1) is 18.0. The zero-order valence-electron chi connectivity index (χ0n) is 14.4. The molecule has 0 unspecified atom stereocenters. The van der Waals surface area contributed by atoms with Gasteiger partial charge in [0.15, 0.2) is 0 Å². The number of unbranched alkanes of at least 4 members (excludes halogenated alkanes) is 2. The molecular formula is C20H30O3. The van der Waals surface area contributed by atoms with E-state index in [1.54, 1.807) is 6.08 Å². The Hall–Kier alpha value is -1.32. The first-order valence-electron chi connectivity index (χ1n) is 8.96. The molecule has 0 aromatic carbocycles. The second kappa shape index (κ2) is 9.09. The molecule has 1 aliphatic rings. The van der Waals surface area contributed by atoms with Gasteiger partial charge >= 0.3 is 0 Å². The number of allylic oxidation sites excluding steroid dienone is 1. The highest BCUT2D eigenvalue weighted by Crippen LogP contribution is 2.37. The van der Waals surface area contributed by atoms with Crippen molar-refractivity contribution in [3.05, 3.63) is 47.5 Å². The van der Waals surface area contributed by atoms with Crippen LogP contribution in [0.5, 0.6) is 0 Å². The highest BCUT2D eigenvalue weighted by Gasteiger charge is 2.32. The number of furan rings is 1. The van der Waals surface area contributed by atoms with Crippen LogP contribution >= 0.6 is 0 Å². The Morgan fingerprint density at radius 3 is 2.87 bits per heavy atom. The summed E-state index contributed by atoms with van der Waals surface area (Å²) < 4.78 is 5.89. The van der Waals surface area contributed by atoms with E-state index < -0.39 is 12.2 Å². The van der Waals surface area contributed by atoms with Crippen LogP contribution in [-0.2, 0) is 12.8 Å². The lowest BCUT2D eigenvalue weighted by atomic mass is 9.99. The molecule has 23 heavy (non-hydrogen) atoms. The van der Waals surface area contributed by atoms with Gasteiger partial charge in [0.2, 0.25) is 0 Å². The molecule has 2 N–H and O–H groups in total. The normalized spacial score (nSPS) is 22.3. The summed E-state index contributed by atoms with van der Waals surface area (Å²) in [7, 11) is 0. The van der Waals surface area contributed by atoms with Crippen LogP contribution in [0.2, 0.25) is 0 Å². The van der Waals surface area contributed by atoms with Crippen molar-refractivity contribution < 1.29 is 14.6 Å². The monoisotopic (exact) mass is 318 g/mol. The Labute approximate surface area is 139 Å². The molecule has 3 atom stereocenters. The molecule has 0 radical (unpaired) electrons. The Balaban J connectivity index is 1.97. The maximum atomic E-state index is 10.2. The van der Waals surface area contributed by atoms with Crippen molar-refractivity contribution in [3.63, 3.8) is 0 Å². The minimum absolute atomic E-state index is 0.0570. The molecule has 0 fully saturated rings. The maximum absolute atomic E-state index is 10.2. The number of rotatable bonds is 9. The summed E-state index contributed by atoms with van der Waals surface area (Å²) >= 11 is 0. The third-order valence-electron chi connectivity index (χ3n) is 4.41. The van der Waals surface area contributed by atoms with E-state index in [2.05, 4.69) is 26.0 Å². The van der Waals surface area contributed by atoms with Crippen LogP contribution in [0.15, 0.2) is 34.8 Å². The number of hydrogen-bond acceptors (Lipinski definition) is 3. The average Bonchev–Trinajstić information content (AvgIpc) is 3.02. The van der Waals surface area contributed by atoms with Crippen molar-refractivity contribution in [1.82, 2.24) is 0 Å². The lowest BCUT2D eigenvalue weighted by Gasteiger charge is -2.11. The van der Waals surface area contributed by atoms with E-state index in [1.165, 1.54) is 12.8 Å². The number of fused-ring (bicyclic) bond motifs is 1. The van der Waals surface area contributed by atoms with Crippen LogP contribution in [0.4, 0.5) is 0 Å². The molecule has 1 aromatic rings. The highest BCUT2D eigenvalue weighted by atomic mass is 16.3. The van der Waals surface area contributed by atoms with Crippen LogP contribution in [0.25, 0.3) is 0 Å². The van der Waals surface area contributed by atoms with Crippen molar-refractivity contribution in [3.8, 4) is 0 Å². The SMILES string of the molecule is CC/C=C\C[C@H](O)/C=C/[C@@H]1c2cc(CCCCC)oc2C[C@H]1O. The van der Waals surface area contributed by atoms with Crippen LogP contribution < -0.4 is 0 Å². The van der Waals surface area contributed by atoms with Gasteiger partial charge in [0.05, 0.1) is 12.2 Å². The van der Waals surface area contributed by atoms with Crippen LogP contribution in [0, 0.1) is 0 Å². The van der Waals surface area contributed by atoms with Crippen molar-refractivity contribution in [2.75, 3.05) is 0 Å². The van der Waals surface area contributed by atoms with E-state index in [9.17, 15) is 10.2 Å². The number of aliphatic hydroxyl groups excluding tert-OH is 2. The standard InChI is InChI=1S/C20H30O3/c1-3-5-7-9-15(21)11-12-17-18-13-16(10-8-6-4-2)23-20(18)14-19(17)22/h5,7,11-13,15,17,19,21-22H,3-4,6,8-10,14H2,1-2H3/b7-5-,12-11+/t15-,17+,19+/m0/s1. The molecular weight excluding hydrogens is 288 g/mol. The molecule has 0 aliphatic heterocycles. The summed E-state index contributed by atoms with van der Waals surface area (Å²) in [5.41, 5.74) is 1.09. The molecule has 1 aliphatic carbocycles. The second-order valence-corrected chi connectivity index (χ2v) is 6.41. The van der Waals surface area contributed by atoms with E-state index in [0.29, 0.717) is 12.8 Å². The van der Waals surface area contributed by atoms with Gasteiger partial charge in [0, 0.05) is 24.3 Å². The van der Waals surface area contributed by atoms with E-state index in [4.69, 9.17) is 4.42 Å². The van der Waals surface area contributed by atoms with Crippen LogP contribution in [0.1, 0.15) is 69.0 Å². The third kappa shape index (κ3) is 5.08. The minimum Gasteiger partial charge on any atom is -0.466 e. The Bertz CT molecular complexity index is 527. The minimum atomic E-state index is -0.495. The molecule has 3 heteroatoms. The van der Waals surface area contributed by atoms with E-state index in [0.717, 1.165) is 36.3 Å². The fourth-order valence-corrected chi connectivity index (χ4v) is 3.10. The molecule has 1 heterocycles. The lowest BCUT2D eigenvalue weighted by molar-refractivity contribution is 0.166. The van der Waals surface area contributed by atoms with Gasteiger partial charge < -0.3 is 14.6 Å². The van der Waals surface area contributed by atoms with Gasteiger partial charge in [0.25, 0.3) is 0 Å². The van der Waals surface area contributed by atoms with Crippen molar-refractivity contribution in [2.24, 2.45) is 0 Å². The van der Waals surface area contributed by atoms with Gasteiger partial charge in [0.1, 0.15) is 11.5 Å². The zero-order chi connectivity index (χ0) is 16.7. The largest absolute Gasteiger partial charge is 0.466 e. The molecule has 1 aromatic heterocycles. The first-order chi connectivity index (χ1) is 11.2. The lowest BCUT2D eigenvalue weighted by Crippen LogP contribution is -2.12. The summed E-state index contributed by atoms with van der Waals surface area (Å²) in [6, 6.07) is 2.10. The Morgan fingerprint density at radius 1 is 1.30 bits per heavy atom. The third-order valence-corrected chi connectivity index (χ3v) is 4.41. The zero-order valence-corrected chi connectivity index (χ0v) is 14.4. The summed E-state index contributed by atoms with van der Waals surface area (Å²) in [4.78, 5) is 0. The van der Waals surface area contributed by atoms with Crippen molar-refractivity contribution in [2.45, 2.75) is 76.9 Å². The van der Waals surface area contributed by atoms with Gasteiger partial charge in [-0.05, 0) is 25.3 Å². The van der Waals surface area contributed by atoms with Gasteiger partial charge in [-0.2, -0.15) is 0 Å². The average molecular weight is 318 g/mol. The van der Waals surface area contributed by atoms with Crippen molar-refractivity contribution in [1.29, 1.82) is 0 Å². The van der Waals surface area contributed by atoms with Gasteiger partial charge in [-0.25, -0.2) is 0 Å². The molecule has 0 bridgehead atoms. The summed E-state index contributed by atoms with van der Waals surface area (Å²) in [6.07, 6.45) is 13.6. The molecule has 0 saturated carbocycles. The van der Waals surface area contributed by atoms with Gasteiger partial charge in [-0.3, -0.25) is 0 Å². The highest BCUT2D eigenvalue weighted by molar-refractivity contribution is 5.36. The first-order valence-corrected chi connectivity index (χ1v) is 8.96. The second-order valence-electron chi connectivity index (χ2n) is 6.41. The molecule has 0 saturated heterocycles. The van der Waals surface area contributed by atoms with Gasteiger partial charge in [-0.1, -0.05) is 51.0 Å². The topological polar surface area (TPSA) is 53.6 Å². The fourth-order valence-electron chi connectivity index (χ4n) is 3.10. The Morgan fingerprint density at radius 2 is 2.13 bits per heavy atom. The van der Waals surface area contributed by atoms with Crippen molar-refractivity contribution >= 4 is 0 Å². The van der Waals surface area contributed by atoms with E-state index >= 15 is 0 Å². The quantitative estimate of drug-likeness (QED) is 0.527. The maximum Gasteiger partial charge on any atom is 0.110 e. The van der Waals surface area contributed by atoms with Crippen LogP contribution in [0.3, 0.4) is 0 Å². The summed E-state index contributed by atoms with van der Waals surface area (Å²) in [5.74, 6) is 1.89. The fraction of sp³-hybridized carbons (Fsp3) is 0.600. The number of hydrogen-bond donors (Lipinski definition) is 2. The molecule has 0 amide bonds. The predicted molar refractivity (Wildman–Crippen MR) is 93.6 cm³/mol. The molecule has 0 spiro atoms. The van der Waals surface area contributed by atoms with Gasteiger partial charge in [-0.15, -0.1) is 0 Å². The van der Waals surface area contributed by atoms with Crippen LogP contribution in [-0.4, -0.2) is 22.4 Å². The summed E-state index contributed by atoms with van der Waals surface area (Å²) in [6.45, 7) is 4.27.